The van der Waals surface area contributed by atoms with Gasteiger partial charge in [0.2, 0.25) is 5.91 Å². The summed E-state index contributed by atoms with van der Waals surface area (Å²) in [5.74, 6) is 0.464. The van der Waals surface area contributed by atoms with Gasteiger partial charge in [-0.3, -0.25) is 4.79 Å². The van der Waals surface area contributed by atoms with Crippen LogP contribution in [-0.2, 0) is 4.79 Å². The fourth-order valence-electron chi connectivity index (χ4n) is 1.96. The number of amides is 1. The summed E-state index contributed by atoms with van der Waals surface area (Å²) >= 11 is 0. The van der Waals surface area contributed by atoms with Crippen molar-refractivity contribution in [1.29, 1.82) is 0 Å². The van der Waals surface area contributed by atoms with Crippen molar-refractivity contribution in [3.05, 3.63) is 35.9 Å². The molecule has 3 nitrogen and oxygen atoms in total. The minimum absolute atomic E-state index is 0.106. The second-order valence-electron chi connectivity index (χ2n) is 4.81. The van der Waals surface area contributed by atoms with Gasteiger partial charge in [0.25, 0.3) is 0 Å². The van der Waals surface area contributed by atoms with E-state index in [0.717, 1.165) is 12.0 Å². The molecule has 1 amide bonds. The molecule has 1 aromatic carbocycles. The van der Waals surface area contributed by atoms with E-state index in [1.807, 2.05) is 30.1 Å². The number of hydrogen-bond donors (Lipinski definition) is 1. The van der Waals surface area contributed by atoms with Gasteiger partial charge in [0.05, 0.1) is 6.04 Å². The van der Waals surface area contributed by atoms with Gasteiger partial charge >= 0.3 is 0 Å². The highest BCUT2D eigenvalue weighted by atomic mass is 16.2. The Hall–Kier alpha value is -1.35. The van der Waals surface area contributed by atoms with Crippen LogP contribution in [0, 0.1) is 5.92 Å². The molecule has 1 rings (SSSR count). The van der Waals surface area contributed by atoms with Crippen LogP contribution in [0.15, 0.2) is 30.3 Å². The molecular formula is C15H24N2O. The summed E-state index contributed by atoms with van der Waals surface area (Å²) in [4.78, 5) is 14.0. The van der Waals surface area contributed by atoms with Gasteiger partial charge in [-0.1, -0.05) is 43.7 Å². The van der Waals surface area contributed by atoms with Crippen molar-refractivity contribution in [1.82, 2.24) is 4.90 Å². The number of rotatable bonds is 6. The summed E-state index contributed by atoms with van der Waals surface area (Å²) in [6.07, 6.45) is 1.50. The molecule has 0 radical (unpaired) electrons. The van der Waals surface area contributed by atoms with E-state index in [9.17, 15) is 4.79 Å². The van der Waals surface area contributed by atoms with E-state index in [4.69, 9.17) is 5.73 Å². The fourth-order valence-corrected chi connectivity index (χ4v) is 1.96. The van der Waals surface area contributed by atoms with Crippen LogP contribution in [0.4, 0.5) is 0 Å². The van der Waals surface area contributed by atoms with Crippen molar-refractivity contribution >= 4 is 5.91 Å². The number of carbonyl (C=O) groups excluding carboxylic acids is 1. The summed E-state index contributed by atoms with van der Waals surface area (Å²) < 4.78 is 0. The Bertz CT molecular complexity index is 360. The zero-order valence-corrected chi connectivity index (χ0v) is 11.6. The van der Waals surface area contributed by atoms with E-state index >= 15 is 0 Å². The normalized spacial score (nSPS) is 14.0. The Morgan fingerprint density at radius 2 is 1.94 bits per heavy atom. The first-order valence-corrected chi connectivity index (χ1v) is 6.60. The number of carbonyl (C=O) groups is 1. The number of hydrogen-bond acceptors (Lipinski definition) is 2. The third-order valence-corrected chi connectivity index (χ3v) is 3.63. The third-order valence-electron chi connectivity index (χ3n) is 3.63. The zero-order valence-electron chi connectivity index (χ0n) is 11.6. The van der Waals surface area contributed by atoms with Crippen molar-refractivity contribution < 1.29 is 4.79 Å². The van der Waals surface area contributed by atoms with Crippen molar-refractivity contribution in [2.45, 2.75) is 32.7 Å². The molecule has 0 aliphatic carbocycles. The van der Waals surface area contributed by atoms with Crippen LogP contribution >= 0.6 is 0 Å². The molecule has 2 atom stereocenters. The summed E-state index contributed by atoms with van der Waals surface area (Å²) in [7, 11) is 1.86. The Morgan fingerprint density at radius 3 is 2.44 bits per heavy atom. The second kappa shape index (κ2) is 7.17. The van der Waals surface area contributed by atoms with Crippen molar-refractivity contribution in [2.24, 2.45) is 11.7 Å². The summed E-state index contributed by atoms with van der Waals surface area (Å²) in [5.41, 5.74) is 6.81. The molecule has 1 aromatic rings. The first-order chi connectivity index (χ1) is 8.60. The fraction of sp³-hybridized carbons (Fsp3) is 0.533. The lowest BCUT2D eigenvalue weighted by molar-refractivity contribution is -0.132. The van der Waals surface area contributed by atoms with E-state index in [2.05, 4.69) is 26.0 Å². The molecule has 100 valence electrons. The van der Waals surface area contributed by atoms with Gasteiger partial charge in [0, 0.05) is 13.5 Å². The molecule has 0 bridgehead atoms. The largest absolute Gasteiger partial charge is 0.339 e. The van der Waals surface area contributed by atoms with Gasteiger partial charge in [0.15, 0.2) is 0 Å². The Balaban J connectivity index is 2.63. The molecule has 0 saturated carbocycles. The maximum Gasteiger partial charge on any atom is 0.223 e. The molecule has 3 heteroatoms. The standard InChI is InChI=1S/C15H24N2O/c1-4-13(11-16)10-15(18)17(3)12(2)14-8-6-5-7-9-14/h5-9,12-13H,4,10-11,16H2,1-3H3. The Morgan fingerprint density at radius 1 is 1.33 bits per heavy atom. The highest BCUT2D eigenvalue weighted by Gasteiger charge is 2.19. The van der Waals surface area contributed by atoms with E-state index in [1.165, 1.54) is 0 Å². The molecule has 0 aliphatic heterocycles. The average molecular weight is 248 g/mol. The smallest absolute Gasteiger partial charge is 0.223 e. The predicted octanol–water partition coefficient (Wildman–Crippen LogP) is 2.58. The van der Waals surface area contributed by atoms with Crippen LogP contribution in [-0.4, -0.2) is 24.4 Å². The monoisotopic (exact) mass is 248 g/mol. The van der Waals surface area contributed by atoms with Crippen LogP contribution in [0.2, 0.25) is 0 Å². The number of nitrogens with zero attached hydrogens (tertiary/aromatic N) is 1. The van der Waals surface area contributed by atoms with Gasteiger partial charge in [-0.15, -0.1) is 0 Å². The van der Waals surface area contributed by atoms with E-state index in [-0.39, 0.29) is 11.9 Å². The molecule has 0 spiro atoms. The lowest BCUT2D eigenvalue weighted by Crippen LogP contribution is -2.32. The molecule has 2 unspecified atom stereocenters. The topological polar surface area (TPSA) is 46.3 Å². The van der Waals surface area contributed by atoms with Gasteiger partial charge in [-0.25, -0.2) is 0 Å². The van der Waals surface area contributed by atoms with Crippen molar-refractivity contribution in [3.8, 4) is 0 Å². The minimum Gasteiger partial charge on any atom is -0.339 e. The maximum absolute atomic E-state index is 12.2. The molecule has 2 N–H and O–H groups in total. The molecule has 0 fully saturated rings. The first-order valence-electron chi connectivity index (χ1n) is 6.60. The third kappa shape index (κ3) is 3.84. The molecule has 0 saturated heterocycles. The predicted molar refractivity (Wildman–Crippen MR) is 75.1 cm³/mol. The molecule has 0 aliphatic rings. The zero-order chi connectivity index (χ0) is 13.5. The second-order valence-corrected chi connectivity index (χ2v) is 4.81. The quantitative estimate of drug-likeness (QED) is 0.841. The average Bonchev–Trinajstić information content (AvgIpc) is 2.43. The lowest BCUT2D eigenvalue weighted by Gasteiger charge is -2.27. The number of benzene rings is 1. The summed E-state index contributed by atoms with van der Waals surface area (Å²) in [6.45, 7) is 4.71. The van der Waals surface area contributed by atoms with E-state index < -0.39 is 0 Å². The Labute approximate surface area is 110 Å². The van der Waals surface area contributed by atoms with Crippen LogP contribution in [0.5, 0.6) is 0 Å². The summed E-state index contributed by atoms with van der Waals surface area (Å²) in [5, 5.41) is 0. The SMILES string of the molecule is CCC(CN)CC(=O)N(C)C(C)c1ccccc1. The van der Waals surface area contributed by atoms with E-state index in [1.54, 1.807) is 0 Å². The Kier molecular flexibility index (Phi) is 5.86. The van der Waals surface area contributed by atoms with E-state index in [0.29, 0.717) is 18.9 Å². The minimum atomic E-state index is 0.106. The van der Waals surface area contributed by atoms with Crippen molar-refractivity contribution in [2.75, 3.05) is 13.6 Å². The van der Waals surface area contributed by atoms with Crippen LogP contribution < -0.4 is 5.73 Å². The van der Waals surface area contributed by atoms with Crippen LogP contribution in [0.1, 0.15) is 38.3 Å². The molecule has 0 aromatic heterocycles. The molecule has 0 heterocycles. The lowest BCUT2D eigenvalue weighted by atomic mass is 10.0. The number of nitrogens with two attached hydrogens (primary N) is 1. The molecular weight excluding hydrogens is 224 g/mol. The van der Waals surface area contributed by atoms with Crippen LogP contribution in [0.3, 0.4) is 0 Å². The summed E-state index contributed by atoms with van der Waals surface area (Å²) in [6, 6.07) is 10.2. The van der Waals surface area contributed by atoms with Gasteiger partial charge in [0.1, 0.15) is 0 Å². The first kappa shape index (κ1) is 14.7. The highest BCUT2D eigenvalue weighted by Crippen LogP contribution is 2.20. The van der Waals surface area contributed by atoms with Gasteiger partial charge in [-0.2, -0.15) is 0 Å². The highest BCUT2D eigenvalue weighted by molar-refractivity contribution is 5.76. The van der Waals surface area contributed by atoms with Gasteiger partial charge in [-0.05, 0) is 24.9 Å². The molecule has 18 heavy (non-hydrogen) atoms. The van der Waals surface area contributed by atoms with Crippen molar-refractivity contribution in [3.63, 3.8) is 0 Å². The maximum atomic E-state index is 12.2. The van der Waals surface area contributed by atoms with Gasteiger partial charge < -0.3 is 10.6 Å². The van der Waals surface area contributed by atoms with Crippen LogP contribution in [0.25, 0.3) is 0 Å².